The van der Waals surface area contributed by atoms with Crippen LogP contribution in [0.4, 0.5) is 0 Å². The third-order valence-electron chi connectivity index (χ3n) is 1.33. The predicted molar refractivity (Wildman–Crippen MR) is 51.6 cm³/mol. The Morgan fingerprint density at radius 1 is 1.45 bits per heavy atom. The minimum Gasteiger partial charge on any atom is -0.316 e. The van der Waals surface area contributed by atoms with Gasteiger partial charge in [0.1, 0.15) is 0 Å². The second kappa shape index (κ2) is 5.93. The Morgan fingerprint density at radius 2 is 2.09 bits per heavy atom. The van der Waals surface area contributed by atoms with Gasteiger partial charge in [-0.25, -0.2) is 0 Å². The number of hydrogen-bond acceptors (Lipinski definition) is 1. The lowest BCUT2D eigenvalue weighted by molar-refractivity contribution is 0.894. The summed E-state index contributed by atoms with van der Waals surface area (Å²) in [7, 11) is 1.94. The van der Waals surface area contributed by atoms with E-state index in [0.29, 0.717) is 0 Å². The van der Waals surface area contributed by atoms with Crippen LogP contribution in [0.1, 0.15) is 13.8 Å². The average molecular weight is 151 g/mol. The normalized spacial score (nSPS) is 12.5. The predicted octanol–water partition coefficient (Wildman–Crippen LogP) is 2.28. The molecule has 62 valence electrons. The fourth-order valence-electron chi connectivity index (χ4n) is 0.711. The monoisotopic (exact) mass is 151 g/mol. The highest BCUT2D eigenvalue weighted by atomic mass is 14.8. The highest BCUT2D eigenvalue weighted by molar-refractivity contribution is 5.25. The van der Waals surface area contributed by atoms with Crippen LogP contribution in [0.3, 0.4) is 0 Å². The van der Waals surface area contributed by atoms with E-state index >= 15 is 0 Å². The molecular weight excluding hydrogens is 134 g/mol. The molecule has 0 aliphatic rings. The maximum absolute atomic E-state index is 3.79. The maximum Gasteiger partial charge on any atom is 0.0199 e. The molecule has 0 rings (SSSR count). The Hall–Kier alpha value is -0.820. The van der Waals surface area contributed by atoms with Gasteiger partial charge in [-0.2, -0.15) is 0 Å². The van der Waals surface area contributed by atoms with Crippen LogP contribution in [0.5, 0.6) is 0 Å². The van der Waals surface area contributed by atoms with Crippen molar-refractivity contribution < 1.29 is 0 Å². The van der Waals surface area contributed by atoms with Crippen molar-refractivity contribution in [2.45, 2.75) is 13.8 Å². The highest BCUT2D eigenvalue weighted by Crippen LogP contribution is 1.97. The van der Waals surface area contributed by atoms with Gasteiger partial charge < -0.3 is 5.32 Å². The van der Waals surface area contributed by atoms with E-state index in [1.807, 2.05) is 27.0 Å². The number of nitrogens with one attached hydrogen (secondary N) is 1. The first-order valence-corrected chi connectivity index (χ1v) is 3.84. The lowest BCUT2D eigenvalue weighted by Crippen LogP contribution is -2.08. The Kier molecular flexibility index (Phi) is 5.49. The molecule has 0 aromatic heterocycles. The lowest BCUT2D eigenvalue weighted by Gasteiger charge is -1.98. The molecule has 1 nitrogen and oxygen atoms in total. The van der Waals surface area contributed by atoms with Gasteiger partial charge in [0, 0.05) is 6.54 Å². The van der Waals surface area contributed by atoms with Crippen LogP contribution in [-0.4, -0.2) is 13.6 Å². The van der Waals surface area contributed by atoms with Gasteiger partial charge in [0.15, 0.2) is 0 Å². The van der Waals surface area contributed by atoms with Gasteiger partial charge in [-0.3, -0.25) is 0 Å². The summed E-state index contributed by atoms with van der Waals surface area (Å²) in [6, 6.07) is 0. The molecule has 0 aromatic rings. The Labute approximate surface area is 69.5 Å². The highest BCUT2D eigenvalue weighted by Gasteiger charge is 1.85. The maximum atomic E-state index is 3.79. The first-order chi connectivity index (χ1) is 5.20. The number of rotatable bonds is 4. The molecule has 11 heavy (non-hydrogen) atoms. The molecule has 0 amide bonds. The molecule has 0 aromatic carbocycles. The molecular formula is C10H17N. The third kappa shape index (κ3) is 5.62. The molecule has 0 bridgehead atoms. The summed E-state index contributed by atoms with van der Waals surface area (Å²) in [5.41, 5.74) is 2.37. The second-order valence-corrected chi connectivity index (χ2v) is 2.57. The Morgan fingerprint density at radius 3 is 2.45 bits per heavy atom. The molecule has 0 aliphatic carbocycles. The first kappa shape index (κ1) is 10.2. The third-order valence-corrected chi connectivity index (χ3v) is 1.33. The molecule has 0 aliphatic heterocycles. The minimum absolute atomic E-state index is 0.917. The van der Waals surface area contributed by atoms with Crippen molar-refractivity contribution >= 4 is 0 Å². The van der Waals surface area contributed by atoms with Gasteiger partial charge in [-0.1, -0.05) is 30.4 Å². The molecule has 0 unspecified atom stereocenters. The zero-order valence-electron chi connectivity index (χ0n) is 7.65. The molecule has 0 saturated heterocycles. The lowest BCUT2D eigenvalue weighted by atomic mass is 10.2. The molecule has 0 spiro atoms. The van der Waals surface area contributed by atoms with E-state index in [2.05, 4.69) is 24.0 Å². The largest absolute Gasteiger partial charge is 0.316 e. The van der Waals surface area contributed by atoms with Crippen LogP contribution in [0.2, 0.25) is 0 Å². The van der Waals surface area contributed by atoms with E-state index in [1.54, 1.807) is 0 Å². The van der Waals surface area contributed by atoms with E-state index in [9.17, 15) is 0 Å². The van der Waals surface area contributed by atoms with Gasteiger partial charge in [0.2, 0.25) is 0 Å². The van der Waals surface area contributed by atoms with Crippen molar-refractivity contribution in [3.05, 3.63) is 36.0 Å². The fraction of sp³-hybridized carbons (Fsp3) is 0.400. The van der Waals surface area contributed by atoms with Gasteiger partial charge in [0.05, 0.1) is 0 Å². The van der Waals surface area contributed by atoms with Crippen LogP contribution < -0.4 is 5.32 Å². The summed E-state index contributed by atoms with van der Waals surface area (Å²) in [6.07, 6.45) is 6.20. The number of likely N-dealkylation sites (N-methyl/N-ethyl adjacent to an activating group) is 1. The molecule has 1 heteroatoms. The van der Waals surface area contributed by atoms with Gasteiger partial charge in [-0.05, 0) is 26.5 Å². The molecule has 1 N–H and O–H groups in total. The van der Waals surface area contributed by atoms with Gasteiger partial charge >= 0.3 is 0 Å². The van der Waals surface area contributed by atoms with Crippen LogP contribution in [0.15, 0.2) is 36.0 Å². The van der Waals surface area contributed by atoms with E-state index in [1.165, 1.54) is 5.57 Å². The summed E-state index contributed by atoms with van der Waals surface area (Å²) >= 11 is 0. The zero-order valence-corrected chi connectivity index (χ0v) is 7.65. The summed E-state index contributed by atoms with van der Waals surface area (Å²) < 4.78 is 0. The molecule has 0 atom stereocenters. The van der Waals surface area contributed by atoms with Crippen molar-refractivity contribution in [2.75, 3.05) is 13.6 Å². The van der Waals surface area contributed by atoms with E-state index in [0.717, 1.165) is 12.1 Å². The Bertz CT molecular complexity index is 175. The topological polar surface area (TPSA) is 12.0 Å². The van der Waals surface area contributed by atoms with Gasteiger partial charge in [-0.15, -0.1) is 0 Å². The van der Waals surface area contributed by atoms with Crippen molar-refractivity contribution in [3.8, 4) is 0 Å². The SMILES string of the molecule is C=C(C)C=CC(=CC)CNC. The van der Waals surface area contributed by atoms with E-state index in [-0.39, 0.29) is 0 Å². The molecule has 0 fully saturated rings. The van der Waals surface area contributed by atoms with E-state index < -0.39 is 0 Å². The van der Waals surface area contributed by atoms with Crippen LogP contribution >= 0.6 is 0 Å². The van der Waals surface area contributed by atoms with Crippen LogP contribution in [-0.2, 0) is 0 Å². The zero-order chi connectivity index (χ0) is 8.69. The average Bonchev–Trinajstić information content (AvgIpc) is 1.97. The number of allylic oxidation sites excluding steroid dienone is 3. The van der Waals surface area contributed by atoms with Gasteiger partial charge in [0.25, 0.3) is 0 Å². The quantitative estimate of drug-likeness (QED) is 0.608. The van der Waals surface area contributed by atoms with Crippen molar-refractivity contribution in [2.24, 2.45) is 0 Å². The summed E-state index contributed by atoms with van der Waals surface area (Å²) in [6.45, 7) is 8.73. The first-order valence-electron chi connectivity index (χ1n) is 3.84. The summed E-state index contributed by atoms with van der Waals surface area (Å²) in [5, 5.41) is 3.09. The van der Waals surface area contributed by atoms with Crippen LogP contribution in [0, 0.1) is 0 Å². The van der Waals surface area contributed by atoms with Crippen molar-refractivity contribution in [1.82, 2.24) is 5.32 Å². The molecule has 0 heterocycles. The van der Waals surface area contributed by atoms with Crippen molar-refractivity contribution in [3.63, 3.8) is 0 Å². The summed E-state index contributed by atoms with van der Waals surface area (Å²) in [4.78, 5) is 0. The van der Waals surface area contributed by atoms with E-state index in [4.69, 9.17) is 0 Å². The molecule has 0 radical (unpaired) electrons. The summed E-state index contributed by atoms with van der Waals surface area (Å²) in [5.74, 6) is 0. The van der Waals surface area contributed by atoms with Crippen LogP contribution in [0.25, 0.3) is 0 Å². The standard InChI is InChI=1S/C10H17N/c1-5-10(8-11-4)7-6-9(2)3/h5-7,11H,2,8H2,1,3-4H3. The fourth-order valence-corrected chi connectivity index (χ4v) is 0.711. The number of hydrogen-bond donors (Lipinski definition) is 1. The molecule has 0 saturated carbocycles. The van der Waals surface area contributed by atoms with Crippen molar-refractivity contribution in [1.29, 1.82) is 0 Å². The Balaban J connectivity index is 3.98. The second-order valence-electron chi connectivity index (χ2n) is 2.57. The minimum atomic E-state index is 0.917. The smallest absolute Gasteiger partial charge is 0.0199 e.